The van der Waals surface area contributed by atoms with Crippen LogP contribution in [-0.4, -0.2) is 52.2 Å². The van der Waals surface area contributed by atoms with Gasteiger partial charge in [0.05, 0.1) is 13.7 Å². The minimum Gasteiger partial charge on any atom is -0.496 e. The van der Waals surface area contributed by atoms with Crippen LogP contribution in [0.3, 0.4) is 0 Å². The van der Waals surface area contributed by atoms with Gasteiger partial charge in [-0.3, -0.25) is 4.79 Å². The van der Waals surface area contributed by atoms with Gasteiger partial charge in [-0.2, -0.15) is 5.10 Å². The molecular formula is C23H26N4O3. The summed E-state index contributed by atoms with van der Waals surface area (Å²) in [4.78, 5) is 19.5. The summed E-state index contributed by atoms with van der Waals surface area (Å²) in [6.07, 6.45) is 2.38. The number of hydrogen-bond donors (Lipinski definition) is 0. The highest BCUT2D eigenvalue weighted by atomic mass is 16.5. The number of aryl methyl sites for hydroxylation is 2. The standard InChI is InChI=1S/C23H26N4O3/c1-15-13-16(2)27-20(24-15)14-18(25-27)22(28)26-10-8-23(9-11-26)21-17(7-12-30-23)5-4-6-19(21)29-3/h4-6,13-14H,7-12H2,1-3H3. The molecular weight excluding hydrogens is 380 g/mol. The monoisotopic (exact) mass is 406 g/mol. The van der Waals surface area contributed by atoms with Crippen LogP contribution < -0.4 is 4.74 Å². The second-order valence-corrected chi connectivity index (χ2v) is 8.22. The number of likely N-dealkylation sites (tertiary alicyclic amines) is 1. The Bertz CT molecular complexity index is 1110. The molecule has 7 heteroatoms. The van der Waals surface area contributed by atoms with Crippen LogP contribution in [0.2, 0.25) is 0 Å². The van der Waals surface area contributed by atoms with Gasteiger partial charge in [0.25, 0.3) is 5.91 Å². The zero-order chi connectivity index (χ0) is 20.9. The molecule has 1 saturated heterocycles. The van der Waals surface area contributed by atoms with E-state index in [2.05, 4.69) is 16.1 Å². The molecule has 7 nitrogen and oxygen atoms in total. The third-order valence-corrected chi connectivity index (χ3v) is 6.35. The lowest BCUT2D eigenvalue weighted by molar-refractivity contribution is -0.0947. The maximum atomic E-state index is 13.2. The zero-order valence-electron chi connectivity index (χ0n) is 17.6. The highest BCUT2D eigenvalue weighted by molar-refractivity contribution is 5.93. The van der Waals surface area contributed by atoms with E-state index in [4.69, 9.17) is 9.47 Å². The van der Waals surface area contributed by atoms with Crippen molar-refractivity contribution < 1.29 is 14.3 Å². The van der Waals surface area contributed by atoms with Gasteiger partial charge in [0.1, 0.15) is 11.4 Å². The number of aromatic nitrogens is 3. The molecule has 2 aliphatic heterocycles. The number of hydrogen-bond acceptors (Lipinski definition) is 5. The van der Waals surface area contributed by atoms with Gasteiger partial charge in [0.15, 0.2) is 11.3 Å². The lowest BCUT2D eigenvalue weighted by atomic mass is 9.78. The predicted molar refractivity (Wildman–Crippen MR) is 112 cm³/mol. The van der Waals surface area contributed by atoms with Crippen LogP contribution in [0.15, 0.2) is 30.3 Å². The number of ether oxygens (including phenoxy) is 2. The number of carbonyl (C=O) groups excluding carboxylic acids is 1. The zero-order valence-corrected chi connectivity index (χ0v) is 17.6. The number of nitrogens with zero attached hydrogens (tertiary/aromatic N) is 4. The summed E-state index contributed by atoms with van der Waals surface area (Å²) in [7, 11) is 1.71. The molecule has 5 rings (SSSR count). The number of amides is 1. The minimum absolute atomic E-state index is 0.0523. The van der Waals surface area contributed by atoms with E-state index < -0.39 is 0 Å². The van der Waals surface area contributed by atoms with Crippen molar-refractivity contribution in [3.05, 3.63) is 58.5 Å². The summed E-state index contributed by atoms with van der Waals surface area (Å²) in [5, 5.41) is 4.51. The minimum atomic E-state index is -0.384. The second-order valence-electron chi connectivity index (χ2n) is 8.22. The number of piperidine rings is 1. The maximum Gasteiger partial charge on any atom is 0.274 e. The first kappa shape index (κ1) is 19.1. The summed E-state index contributed by atoms with van der Waals surface area (Å²) in [5.41, 5.74) is 5.10. The van der Waals surface area contributed by atoms with Crippen LogP contribution >= 0.6 is 0 Å². The average molecular weight is 406 g/mol. The van der Waals surface area contributed by atoms with Gasteiger partial charge in [-0.1, -0.05) is 12.1 Å². The van der Waals surface area contributed by atoms with Crippen LogP contribution in [-0.2, 0) is 16.8 Å². The molecule has 0 aliphatic carbocycles. The average Bonchev–Trinajstić information content (AvgIpc) is 3.18. The van der Waals surface area contributed by atoms with Gasteiger partial charge < -0.3 is 14.4 Å². The van der Waals surface area contributed by atoms with E-state index in [1.807, 2.05) is 36.9 Å². The van der Waals surface area contributed by atoms with E-state index in [0.717, 1.165) is 42.0 Å². The molecule has 0 bridgehead atoms. The fourth-order valence-corrected chi connectivity index (χ4v) is 4.92. The molecule has 30 heavy (non-hydrogen) atoms. The Morgan fingerprint density at radius 3 is 2.77 bits per heavy atom. The third kappa shape index (κ3) is 2.96. The molecule has 2 aliphatic rings. The summed E-state index contributed by atoms with van der Waals surface area (Å²) in [6, 6.07) is 9.94. The molecule has 4 heterocycles. The van der Waals surface area contributed by atoms with Crippen LogP contribution in [0, 0.1) is 13.8 Å². The van der Waals surface area contributed by atoms with Crippen molar-refractivity contribution >= 4 is 11.6 Å². The fraction of sp³-hybridized carbons (Fsp3) is 0.435. The van der Waals surface area contributed by atoms with Crippen molar-refractivity contribution in [1.82, 2.24) is 19.5 Å². The molecule has 1 fully saturated rings. The van der Waals surface area contributed by atoms with E-state index in [1.54, 1.807) is 17.7 Å². The van der Waals surface area contributed by atoms with Crippen LogP contribution in [0.5, 0.6) is 5.75 Å². The van der Waals surface area contributed by atoms with Gasteiger partial charge in [-0.05, 0) is 50.8 Å². The first-order valence-electron chi connectivity index (χ1n) is 10.4. The molecule has 0 N–H and O–H groups in total. The van der Waals surface area contributed by atoms with Gasteiger partial charge in [-0.15, -0.1) is 0 Å². The molecule has 2 aromatic heterocycles. The van der Waals surface area contributed by atoms with Gasteiger partial charge in [0.2, 0.25) is 0 Å². The Balaban J connectivity index is 1.40. The van der Waals surface area contributed by atoms with E-state index in [-0.39, 0.29) is 11.5 Å². The van der Waals surface area contributed by atoms with Crippen molar-refractivity contribution in [1.29, 1.82) is 0 Å². The lowest BCUT2D eigenvalue weighted by Crippen LogP contribution is -2.48. The van der Waals surface area contributed by atoms with Gasteiger partial charge in [0, 0.05) is 36.1 Å². The third-order valence-electron chi connectivity index (χ3n) is 6.35. The summed E-state index contributed by atoms with van der Waals surface area (Å²) >= 11 is 0. The first-order chi connectivity index (χ1) is 14.5. The van der Waals surface area contributed by atoms with Crippen molar-refractivity contribution in [3.63, 3.8) is 0 Å². The molecule has 156 valence electrons. The Kier molecular flexibility index (Phi) is 4.50. The van der Waals surface area contributed by atoms with Gasteiger partial charge >= 0.3 is 0 Å². The number of methoxy groups -OCH3 is 1. The fourth-order valence-electron chi connectivity index (χ4n) is 4.92. The molecule has 3 aromatic rings. The van der Waals surface area contributed by atoms with Crippen LogP contribution in [0.25, 0.3) is 5.65 Å². The molecule has 0 saturated carbocycles. The number of rotatable bonds is 2. The van der Waals surface area contributed by atoms with Crippen molar-refractivity contribution in [2.75, 3.05) is 26.8 Å². The molecule has 1 amide bonds. The van der Waals surface area contributed by atoms with Crippen molar-refractivity contribution in [2.45, 2.75) is 38.7 Å². The molecule has 1 aromatic carbocycles. The summed E-state index contributed by atoms with van der Waals surface area (Å²) < 4.78 is 13.7. The molecule has 0 radical (unpaired) electrons. The number of benzene rings is 1. The normalized spacial score (nSPS) is 17.9. The highest BCUT2D eigenvalue weighted by Gasteiger charge is 2.44. The Morgan fingerprint density at radius 2 is 2.00 bits per heavy atom. The quantitative estimate of drug-likeness (QED) is 0.654. The van der Waals surface area contributed by atoms with E-state index in [9.17, 15) is 4.79 Å². The Hall–Kier alpha value is -2.93. The topological polar surface area (TPSA) is 69.0 Å². The van der Waals surface area contributed by atoms with Crippen molar-refractivity contribution in [2.24, 2.45) is 0 Å². The lowest BCUT2D eigenvalue weighted by Gasteiger charge is -2.45. The maximum absolute atomic E-state index is 13.2. The number of carbonyl (C=O) groups is 1. The smallest absolute Gasteiger partial charge is 0.274 e. The molecule has 1 spiro atoms. The van der Waals surface area contributed by atoms with E-state index in [1.165, 1.54) is 5.56 Å². The van der Waals surface area contributed by atoms with Gasteiger partial charge in [-0.25, -0.2) is 9.50 Å². The number of fused-ring (bicyclic) bond motifs is 3. The predicted octanol–water partition coefficient (Wildman–Crippen LogP) is 3.06. The molecule has 0 unspecified atom stereocenters. The highest BCUT2D eigenvalue weighted by Crippen LogP contribution is 2.45. The van der Waals surface area contributed by atoms with E-state index >= 15 is 0 Å². The van der Waals surface area contributed by atoms with Crippen molar-refractivity contribution in [3.8, 4) is 5.75 Å². The SMILES string of the molecule is COc1cccc2c1C1(CCN(C(=O)c3cc4nc(C)cc(C)n4n3)CC1)OCC2. The van der Waals surface area contributed by atoms with Crippen LogP contribution in [0.4, 0.5) is 0 Å². The Morgan fingerprint density at radius 1 is 1.20 bits per heavy atom. The Labute approximate surface area is 175 Å². The largest absolute Gasteiger partial charge is 0.496 e. The van der Waals surface area contributed by atoms with E-state index in [0.29, 0.717) is 31.0 Å². The first-order valence-corrected chi connectivity index (χ1v) is 10.4. The molecule has 0 atom stereocenters. The van der Waals surface area contributed by atoms with Crippen LogP contribution in [0.1, 0.15) is 45.8 Å². The summed E-state index contributed by atoms with van der Waals surface area (Å²) in [5.74, 6) is 0.827. The summed E-state index contributed by atoms with van der Waals surface area (Å²) in [6.45, 7) is 5.86. The second kappa shape index (κ2) is 7.09.